The first-order valence-electron chi connectivity index (χ1n) is 8.46. The van der Waals surface area contributed by atoms with Gasteiger partial charge in [-0.3, -0.25) is 0 Å². The van der Waals surface area contributed by atoms with Crippen LogP contribution in [0.4, 0.5) is 0 Å². The molecule has 3 unspecified atom stereocenters. The monoisotopic (exact) mass is 361 g/mol. The Kier molecular flexibility index (Phi) is 7.41. The van der Waals surface area contributed by atoms with E-state index in [0.717, 1.165) is 0 Å². The second kappa shape index (κ2) is 9.11. The SMILES string of the molecule is CC1O[C@@H](OCCN=[N+]=[N-])C(O)[C@@H](O[C@H]2OC[C@@H](C)[C@H](C)C2O)[C@@H]1O. The molecule has 10 nitrogen and oxygen atoms in total. The summed E-state index contributed by atoms with van der Waals surface area (Å²) in [6.45, 7) is 6.05. The van der Waals surface area contributed by atoms with Gasteiger partial charge in [0.25, 0.3) is 0 Å². The number of rotatable bonds is 6. The average molecular weight is 361 g/mol. The fourth-order valence-electron chi connectivity index (χ4n) is 2.91. The minimum atomic E-state index is -1.29. The Balaban J connectivity index is 2.00. The van der Waals surface area contributed by atoms with Crippen LogP contribution in [0.25, 0.3) is 10.4 Å². The highest BCUT2D eigenvalue weighted by atomic mass is 16.7. The zero-order chi connectivity index (χ0) is 18.6. The topological polar surface area (TPSA) is 146 Å². The van der Waals surface area contributed by atoms with E-state index < -0.39 is 43.1 Å². The minimum absolute atomic E-state index is 0.0406. The maximum Gasteiger partial charge on any atom is 0.186 e. The van der Waals surface area contributed by atoms with Gasteiger partial charge in [0.1, 0.15) is 24.4 Å². The quantitative estimate of drug-likeness (QED) is 0.264. The van der Waals surface area contributed by atoms with Crippen molar-refractivity contribution in [2.75, 3.05) is 19.8 Å². The Bertz CT molecular complexity index is 476. The first-order valence-corrected chi connectivity index (χ1v) is 8.46. The normalized spacial score (nSPS) is 45.0. The molecule has 0 aromatic rings. The molecule has 2 heterocycles. The van der Waals surface area contributed by atoms with Gasteiger partial charge in [-0.25, -0.2) is 0 Å². The first-order chi connectivity index (χ1) is 11.9. The van der Waals surface area contributed by atoms with Crippen molar-refractivity contribution >= 4 is 0 Å². The van der Waals surface area contributed by atoms with Crippen molar-refractivity contribution in [2.45, 2.75) is 63.9 Å². The van der Waals surface area contributed by atoms with Crippen molar-refractivity contribution in [3.05, 3.63) is 10.4 Å². The van der Waals surface area contributed by atoms with Gasteiger partial charge in [0.05, 0.1) is 19.3 Å². The molecule has 2 rings (SSSR count). The van der Waals surface area contributed by atoms with Crippen LogP contribution in [-0.2, 0) is 18.9 Å². The lowest BCUT2D eigenvalue weighted by atomic mass is 9.88. The predicted molar refractivity (Wildman–Crippen MR) is 85.3 cm³/mol. The Morgan fingerprint density at radius 3 is 2.52 bits per heavy atom. The molecule has 0 spiro atoms. The average Bonchev–Trinajstić information content (AvgIpc) is 2.59. The molecule has 0 saturated carbocycles. The summed E-state index contributed by atoms with van der Waals surface area (Å²) in [6, 6.07) is 0. The number of aliphatic hydroxyl groups excluding tert-OH is 3. The van der Waals surface area contributed by atoms with Gasteiger partial charge in [0.15, 0.2) is 12.6 Å². The molecular weight excluding hydrogens is 334 g/mol. The third-order valence-electron chi connectivity index (χ3n) is 4.85. The lowest BCUT2D eigenvalue weighted by Gasteiger charge is -2.44. The molecule has 3 N–H and O–H groups in total. The number of ether oxygens (including phenoxy) is 4. The van der Waals surface area contributed by atoms with E-state index in [0.29, 0.717) is 6.61 Å². The van der Waals surface area contributed by atoms with Crippen molar-refractivity contribution in [2.24, 2.45) is 17.0 Å². The lowest BCUT2D eigenvalue weighted by Crippen LogP contribution is -2.61. The van der Waals surface area contributed by atoms with Crippen LogP contribution in [-0.4, -0.2) is 78.2 Å². The summed E-state index contributed by atoms with van der Waals surface area (Å²) in [7, 11) is 0. The smallest absolute Gasteiger partial charge is 0.186 e. The highest BCUT2D eigenvalue weighted by Gasteiger charge is 2.47. The zero-order valence-electron chi connectivity index (χ0n) is 14.6. The third-order valence-corrected chi connectivity index (χ3v) is 4.85. The Hall–Kier alpha value is -0.970. The molecule has 10 heteroatoms. The van der Waals surface area contributed by atoms with Crippen molar-refractivity contribution in [1.29, 1.82) is 0 Å². The second-order valence-electron chi connectivity index (χ2n) is 6.65. The zero-order valence-corrected chi connectivity index (χ0v) is 14.6. The standard InChI is InChI=1S/C15H27N3O7/c1-7-6-23-14(10(19)8(7)2)25-13-11(20)9(3)24-15(12(13)21)22-5-4-17-18-16/h7-15,19-21H,4-6H2,1-3H3/t7-,8+,9?,10?,11-,12?,13+,14-,15-/m1/s1. The molecule has 2 aliphatic rings. The molecule has 0 aromatic heterocycles. The highest BCUT2D eigenvalue weighted by Crippen LogP contribution is 2.31. The number of nitrogens with zero attached hydrogens (tertiary/aromatic N) is 3. The van der Waals surface area contributed by atoms with E-state index in [2.05, 4.69) is 10.0 Å². The molecule has 25 heavy (non-hydrogen) atoms. The molecule has 2 aliphatic heterocycles. The van der Waals surface area contributed by atoms with Gasteiger partial charge >= 0.3 is 0 Å². The van der Waals surface area contributed by atoms with E-state index in [4.69, 9.17) is 24.5 Å². The summed E-state index contributed by atoms with van der Waals surface area (Å²) in [4.78, 5) is 2.61. The number of hydrogen-bond acceptors (Lipinski definition) is 8. The lowest BCUT2D eigenvalue weighted by molar-refractivity contribution is -0.339. The summed E-state index contributed by atoms with van der Waals surface area (Å²) >= 11 is 0. The van der Waals surface area contributed by atoms with Crippen LogP contribution in [0.5, 0.6) is 0 Å². The summed E-state index contributed by atoms with van der Waals surface area (Å²) < 4.78 is 22.0. The van der Waals surface area contributed by atoms with E-state index in [1.165, 1.54) is 0 Å². The maximum absolute atomic E-state index is 10.4. The van der Waals surface area contributed by atoms with Crippen LogP contribution >= 0.6 is 0 Å². The van der Waals surface area contributed by atoms with Crippen molar-refractivity contribution in [3.8, 4) is 0 Å². The van der Waals surface area contributed by atoms with Gasteiger partial charge < -0.3 is 34.3 Å². The molecule has 2 fully saturated rings. The van der Waals surface area contributed by atoms with Crippen LogP contribution in [0.1, 0.15) is 20.8 Å². The number of azide groups is 1. The molecule has 0 bridgehead atoms. The van der Waals surface area contributed by atoms with Crippen LogP contribution in [0.3, 0.4) is 0 Å². The summed E-state index contributed by atoms with van der Waals surface area (Å²) in [6.07, 6.45) is -6.97. The first kappa shape index (κ1) is 20.3. The van der Waals surface area contributed by atoms with E-state index in [1.54, 1.807) is 6.92 Å². The van der Waals surface area contributed by atoms with E-state index in [9.17, 15) is 15.3 Å². The Morgan fingerprint density at radius 2 is 1.84 bits per heavy atom. The molecule has 0 aliphatic carbocycles. The van der Waals surface area contributed by atoms with Crippen molar-refractivity contribution < 1.29 is 34.3 Å². The van der Waals surface area contributed by atoms with E-state index in [-0.39, 0.29) is 25.0 Å². The molecule has 0 radical (unpaired) electrons. The van der Waals surface area contributed by atoms with Gasteiger partial charge in [-0.2, -0.15) is 0 Å². The van der Waals surface area contributed by atoms with Gasteiger partial charge in [-0.1, -0.05) is 19.0 Å². The van der Waals surface area contributed by atoms with E-state index >= 15 is 0 Å². The van der Waals surface area contributed by atoms with Gasteiger partial charge in [0, 0.05) is 11.5 Å². The Labute approximate surface area is 146 Å². The second-order valence-corrected chi connectivity index (χ2v) is 6.65. The van der Waals surface area contributed by atoms with Crippen molar-refractivity contribution in [1.82, 2.24) is 0 Å². The van der Waals surface area contributed by atoms with Crippen LogP contribution in [0, 0.1) is 11.8 Å². The fourth-order valence-corrected chi connectivity index (χ4v) is 2.91. The molecule has 2 saturated heterocycles. The number of aliphatic hydroxyl groups is 3. The van der Waals surface area contributed by atoms with Gasteiger partial charge in [-0.05, 0) is 24.3 Å². The highest BCUT2D eigenvalue weighted by molar-refractivity contribution is 4.90. The Morgan fingerprint density at radius 1 is 1.12 bits per heavy atom. The number of hydrogen-bond donors (Lipinski definition) is 3. The van der Waals surface area contributed by atoms with Crippen molar-refractivity contribution in [3.63, 3.8) is 0 Å². The molecule has 0 aromatic carbocycles. The fraction of sp³-hybridized carbons (Fsp3) is 1.00. The maximum atomic E-state index is 10.4. The summed E-state index contributed by atoms with van der Waals surface area (Å²) in [5.41, 5.74) is 8.25. The van der Waals surface area contributed by atoms with Crippen LogP contribution in [0.2, 0.25) is 0 Å². The van der Waals surface area contributed by atoms with Crippen LogP contribution < -0.4 is 0 Å². The third kappa shape index (κ3) is 4.81. The minimum Gasteiger partial charge on any atom is -0.388 e. The summed E-state index contributed by atoms with van der Waals surface area (Å²) in [5.74, 6) is 0.135. The predicted octanol–water partition coefficient (Wildman–Crippen LogP) is 0.154. The molecular formula is C15H27N3O7. The van der Waals surface area contributed by atoms with Gasteiger partial charge in [-0.15, -0.1) is 0 Å². The van der Waals surface area contributed by atoms with E-state index in [1.807, 2.05) is 13.8 Å². The van der Waals surface area contributed by atoms with Crippen LogP contribution in [0.15, 0.2) is 5.11 Å². The van der Waals surface area contributed by atoms with Gasteiger partial charge in [0.2, 0.25) is 0 Å². The summed E-state index contributed by atoms with van der Waals surface area (Å²) in [5, 5.41) is 34.4. The largest absolute Gasteiger partial charge is 0.388 e. The molecule has 9 atom stereocenters. The molecule has 144 valence electrons. The molecule has 0 amide bonds.